The van der Waals surface area contributed by atoms with E-state index >= 15 is 4.39 Å². The quantitative estimate of drug-likeness (QED) is 0.303. The predicted molar refractivity (Wildman–Crippen MR) is 162 cm³/mol. The lowest BCUT2D eigenvalue weighted by Crippen LogP contribution is -2.53. The van der Waals surface area contributed by atoms with Gasteiger partial charge in [-0.1, -0.05) is 12.1 Å². The molecule has 0 spiro atoms. The molecule has 5 fully saturated rings. The number of benzene rings is 3. The molecule has 3 aromatic carbocycles. The van der Waals surface area contributed by atoms with Crippen LogP contribution in [-0.4, -0.2) is 69.4 Å². The van der Waals surface area contributed by atoms with Crippen LogP contribution in [0.4, 0.5) is 14.6 Å². The Morgan fingerprint density at radius 1 is 0.860 bits per heavy atom. The standard InChI is InChI=1S/C34H35F2N5O2/c35-21-4-3-20-15-24(42)17-28(27(20)16-21)25-7-8-26-30(29(25)36)38-32(39-31(26)40-18-22-5-6-23(19-40)37-22)43-34(11-12-34)33-9-1-13-41(33)14-2-10-33/h3-4,7-8,15-17,22-23,37,42H,1-2,5-6,9-14,18-19H2. The molecule has 1 aromatic heterocycles. The lowest BCUT2D eigenvalue weighted by Gasteiger charge is -2.40. The van der Waals surface area contributed by atoms with Crippen LogP contribution >= 0.6 is 0 Å². The van der Waals surface area contributed by atoms with E-state index in [1.807, 2.05) is 6.07 Å². The lowest BCUT2D eigenvalue weighted by molar-refractivity contribution is 0.00818. The van der Waals surface area contributed by atoms with Gasteiger partial charge < -0.3 is 20.1 Å². The van der Waals surface area contributed by atoms with Crippen molar-refractivity contribution in [3.8, 4) is 22.9 Å². The zero-order valence-corrected chi connectivity index (χ0v) is 24.1. The summed E-state index contributed by atoms with van der Waals surface area (Å²) < 4.78 is 38.0. The molecule has 9 rings (SSSR count). The number of piperazine rings is 1. The number of ether oxygens (including phenoxy) is 1. The van der Waals surface area contributed by atoms with Crippen LogP contribution in [0.2, 0.25) is 0 Å². The molecular weight excluding hydrogens is 548 g/mol. The van der Waals surface area contributed by atoms with Gasteiger partial charge in [-0.15, -0.1) is 0 Å². The summed E-state index contributed by atoms with van der Waals surface area (Å²) in [6, 6.07) is 12.0. The van der Waals surface area contributed by atoms with Crippen LogP contribution in [0.1, 0.15) is 51.4 Å². The van der Waals surface area contributed by atoms with Gasteiger partial charge in [0.05, 0.1) is 5.54 Å². The molecule has 2 N–H and O–H groups in total. The number of nitrogens with one attached hydrogen (secondary N) is 1. The van der Waals surface area contributed by atoms with Gasteiger partial charge in [-0.3, -0.25) is 4.90 Å². The Morgan fingerprint density at radius 2 is 1.63 bits per heavy atom. The first kappa shape index (κ1) is 25.9. The highest BCUT2D eigenvalue weighted by molar-refractivity contribution is 6.01. The maximum atomic E-state index is 16.8. The molecule has 0 radical (unpaired) electrons. The number of aromatic nitrogens is 2. The van der Waals surface area contributed by atoms with Gasteiger partial charge >= 0.3 is 6.01 Å². The predicted octanol–water partition coefficient (Wildman–Crippen LogP) is 5.91. The fraction of sp³-hybridized carbons (Fsp3) is 0.471. The molecular formula is C34H35F2N5O2. The molecule has 43 heavy (non-hydrogen) atoms. The molecule has 2 atom stereocenters. The summed E-state index contributed by atoms with van der Waals surface area (Å²) in [5.41, 5.74) is 0.555. The average molecular weight is 584 g/mol. The number of halogens is 2. The maximum absolute atomic E-state index is 16.8. The van der Waals surface area contributed by atoms with E-state index in [9.17, 15) is 9.50 Å². The van der Waals surface area contributed by atoms with Crippen molar-refractivity contribution >= 4 is 27.5 Å². The summed E-state index contributed by atoms with van der Waals surface area (Å²) in [4.78, 5) is 14.7. The minimum absolute atomic E-state index is 0.00934. The molecule has 1 aliphatic carbocycles. The molecule has 5 heterocycles. The van der Waals surface area contributed by atoms with Crippen LogP contribution in [0.25, 0.3) is 32.8 Å². The Labute approximate surface area is 248 Å². The Bertz CT molecular complexity index is 1770. The summed E-state index contributed by atoms with van der Waals surface area (Å²) in [7, 11) is 0. The second kappa shape index (κ2) is 9.22. The fourth-order valence-corrected chi connectivity index (χ4v) is 8.93. The molecule has 1 saturated carbocycles. The van der Waals surface area contributed by atoms with Gasteiger partial charge in [0.1, 0.15) is 28.5 Å². The van der Waals surface area contributed by atoms with Gasteiger partial charge in [-0.25, -0.2) is 8.78 Å². The summed E-state index contributed by atoms with van der Waals surface area (Å²) in [6.07, 6.45) is 8.75. The average Bonchev–Trinajstić information content (AvgIpc) is 3.29. The van der Waals surface area contributed by atoms with Crippen molar-refractivity contribution in [2.45, 2.75) is 74.6 Å². The first-order chi connectivity index (χ1) is 20.9. The normalized spacial score (nSPS) is 25.5. The molecule has 9 heteroatoms. The van der Waals surface area contributed by atoms with Crippen LogP contribution in [0.3, 0.4) is 0 Å². The summed E-state index contributed by atoms with van der Waals surface area (Å²) in [5, 5.41) is 16.0. The second-order valence-corrected chi connectivity index (χ2v) is 13.4. The van der Waals surface area contributed by atoms with Crippen molar-refractivity contribution in [3.05, 3.63) is 54.1 Å². The van der Waals surface area contributed by atoms with Crippen molar-refractivity contribution in [2.75, 3.05) is 31.1 Å². The Hall–Kier alpha value is -3.56. The topological polar surface area (TPSA) is 73.8 Å². The molecule has 4 aromatic rings. The van der Waals surface area contributed by atoms with Crippen LogP contribution in [0.15, 0.2) is 42.5 Å². The minimum Gasteiger partial charge on any atom is -0.508 e. The Kier molecular flexibility index (Phi) is 5.55. The summed E-state index contributed by atoms with van der Waals surface area (Å²) in [5.74, 6) is -0.244. The van der Waals surface area contributed by atoms with E-state index in [0.717, 1.165) is 64.7 Å². The third-order valence-corrected chi connectivity index (χ3v) is 11.0. The SMILES string of the molecule is Oc1cc(-c2ccc3c(N4CC5CCC(C4)N5)nc(OC4(C56CCCN5CCC6)CC4)nc3c2F)c2cc(F)ccc2c1. The molecule has 222 valence electrons. The number of phenolic OH excluding ortho intramolecular Hbond substituents is 1. The largest absolute Gasteiger partial charge is 0.508 e. The van der Waals surface area contributed by atoms with Gasteiger partial charge in [-0.2, -0.15) is 9.97 Å². The van der Waals surface area contributed by atoms with Gasteiger partial charge in [-0.05, 0) is 111 Å². The highest BCUT2D eigenvalue weighted by Gasteiger charge is 2.67. The fourth-order valence-electron chi connectivity index (χ4n) is 8.93. The lowest BCUT2D eigenvalue weighted by atomic mass is 9.85. The maximum Gasteiger partial charge on any atom is 0.319 e. The van der Waals surface area contributed by atoms with E-state index in [4.69, 9.17) is 14.7 Å². The number of anilines is 1. The smallest absolute Gasteiger partial charge is 0.319 e. The minimum atomic E-state index is -0.522. The van der Waals surface area contributed by atoms with E-state index in [1.54, 1.807) is 18.2 Å². The van der Waals surface area contributed by atoms with Crippen molar-refractivity contribution in [1.82, 2.24) is 20.2 Å². The molecule has 2 unspecified atom stereocenters. The highest BCUT2D eigenvalue weighted by Crippen LogP contribution is 2.58. The molecule has 5 aliphatic rings. The zero-order valence-electron chi connectivity index (χ0n) is 24.1. The highest BCUT2D eigenvalue weighted by atomic mass is 19.1. The second-order valence-electron chi connectivity index (χ2n) is 13.4. The van der Waals surface area contributed by atoms with E-state index in [0.29, 0.717) is 39.6 Å². The number of hydrogen-bond acceptors (Lipinski definition) is 7. The number of fused-ring (bicyclic) bond motifs is 5. The van der Waals surface area contributed by atoms with E-state index in [2.05, 4.69) is 15.1 Å². The summed E-state index contributed by atoms with van der Waals surface area (Å²) in [6.45, 7) is 3.80. The zero-order chi connectivity index (χ0) is 28.9. The number of hydrogen-bond donors (Lipinski definition) is 2. The van der Waals surface area contributed by atoms with Crippen LogP contribution < -0.4 is 15.0 Å². The third-order valence-electron chi connectivity index (χ3n) is 11.0. The van der Waals surface area contributed by atoms with Gasteiger partial charge in [0.15, 0.2) is 5.82 Å². The van der Waals surface area contributed by atoms with Crippen molar-refractivity contribution in [1.29, 1.82) is 0 Å². The van der Waals surface area contributed by atoms with Crippen molar-refractivity contribution in [3.63, 3.8) is 0 Å². The van der Waals surface area contributed by atoms with E-state index in [1.165, 1.54) is 31.0 Å². The first-order valence-corrected chi connectivity index (χ1v) is 15.8. The number of aromatic hydroxyl groups is 1. The van der Waals surface area contributed by atoms with Gasteiger partial charge in [0, 0.05) is 36.1 Å². The molecule has 0 amide bonds. The number of rotatable bonds is 5. The third kappa shape index (κ3) is 3.90. The number of nitrogens with zero attached hydrogens (tertiary/aromatic N) is 4. The van der Waals surface area contributed by atoms with Crippen LogP contribution in [-0.2, 0) is 0 Å². The summed E-state index contributed by atoms with van der Waals surface area (Å²) >= 11 is 0. The van der Waals surface area contributed by atoms with Gasteiger partial charge in [0.2, 0.25) is 0 Å². The molecule has 7 nitrogen and oxygen atoms in total. The Morgan fingerprint density at radius 3 is 2.37 bits per heavy atom. The van der Waals surface area contributed by atoms with Crippen LogP contribution in [0, 0.1) is 11.6 Å². The van der Waals surface area contributed by atoms with Crippen molar-refractivity contribution in [2.24, 2.45) is 0 Å². The molecule has 2 bridgehead atoms. The molecule has 4 saturated heterocycles. The van der Waals surface area contributed by atoms with E-state index in [-0.39, 0.29) is 34.0 Å². The van der Waals surface area contributed by atoms with Gasteiger partial charge in [0.25, 0.3) is 0 Å². The first-order valence-electron chi connectivity index (χ1n) is 15.8. The molecule has 4 aliphatic heterocycles. The van der Waals surface area contributed by atoms with Crippen molar-refractivity contribution < 1.29 is 18.6 Å². The van der Waals surface area contributed by atoms with Crippen LogP contribution in [0.5, 0.6) is 11.8 Å². The monoisotopic (exact) mass is 583 g/mol. The number of phenols is 1. The van der Waals surface area contributed by atoms with E-state index < -0.39 is 11.6 Å². The Balaban J connectivity index is 1.21.